The summed E-state index contributed by atoms with van der Waals surface area (Å²) in [5.41, 5.74) is 1.26. The Morgan fingerprint density at radius 2 is 1.71 bits per heavy atom. The molecule has 2 saturated heterocycles. The molecular formula is C25H24FN3O4S. The Kier molecular flexibility index (Phi) is 7.42. The van der Waals surface area contributed by atoms with E-state index in [1.165, 1.54) is 24.3 Å². The molecule has 1 N–H and O–H groups in total. The van der Waals surface area contributed by atoms with E-state index in [2.05, 4.69) is 5.32 Å². The van der Waals surface area contributed by atoms with Crippen LogP contribution in [0.3, 0.4) is 0 Å². The minimum atomic E-state index is -0.397. The fourth-order valence-electron chi connectivity index (χ4n) is 3.95. The maximum absolute atomic E-state index is 13.1. The molecule has 2 aliphatic rings. The number of benzene rings is 2. The fraction of sp³-hybridized carbons (Fsp3) is 0.280. The van der Waals surface area contributed by atoms with Gasteiger partial charge in [0.1, 0.15) is 5.82 Å². The minimum Gasteiger partial charge on any atom is -0.354 e. The predicted octanol–water partition coefficient (Wildman–Crippen LogP) is 3.53. The smallest absolute Gasteiger partial charge is 0.293 e. The van der Waals surface area contributed by atoms with Gasteiger partial charge in [0.05, 0.1) is 4.91 Å². The van der Waals surface area contributed by atoms with Crippen molar-refractivity contribution >= 4 is 40.8 Å². The summed E-state index contributed by atoms with van der Waals surface area (Å²) in [4.78, 5) is 53.1. The third-order valence-electron chi connectivity index (χ3n) is 5.85. The molecule has 9 heteroatoms. The third kappa shape index (κ3) is 5.53. The van der Waals surface area contributed by atoms with Crippen LogP contribution in [0.25, 0.3) is 6.08 Å². The Morgan fingerprint density at radius 3 is 2.38 bits per heavy atom. The molecule has 0 aliphatic carbocycles. The van der Waals surface area contributed by atoms with Crippen molar-refractivity contribution in [3.63, 3.8) is 0 Å². The van der Waals surface area contributed by atoms with E-state index >= 15 is 0 Å². The Labute approximate surface area is 201 Å². The van der Waals surface area contributed by atoms with Gasteiger partial charge in [0.15, 0.2) is 0 Å². The van der Waals surface area contributed by atoms with E-state index in [0.717, 1.165) is 22.2 Å². The molecule has 0 unspecified atom stereocenters. The number of nitrogens with one attached hydrogen (secondary N) is 1. The van der Waals surface area contributed by atoms with Crippen molar-refractivity contribution in [2.45, 2.75) is 12.8 Å². The minimum absolute atomic E-state index is 0.102. The van der Waals surface area contributed by atoms with Gasteiger partial charge < -0.3 is 10.2 Å². The fourth-order valence-corrected chi connectivity index (χ4v) is 4.81. The molecule has 0 saturated carbocycles. The van der Waals surface area contributed by atoms with E-state index in [-0.39, 0.29) is 42.0 Å². The molecule has 2 aromatic rings. The number of carbonyl (C=O) groups excluding carboxylic acids is 4. The normalized spacial score (nSPS) is 18.0. The van der Waals surface area contributed by atoms with E-state index in [0.29, 0.717) is 36.4 Å². The molecule has 2 aromatic carbocycles. The van der Waals surface area contributed by atoms with Crippen LogP contribution in [-0.4, -0.2) is 58.9 Å². The van der Waals surface area contributed by atoms with E-state index in [4.69, 9.17) is 0 Å². The molecule has 0 aromatic heterocycles. The average Bonchev–Trinajstić information content (AvgIpc) is 3.12. The highest BCUT2D eigenvalue weighted by Gasteiger charge is 2.35. The number of carbonyl (C=O) groups is 4. The first-order valence-corrected chi connectivity index (χ1v) is 11.9. The van der Waals surface area contributed by atoms with Crippen LogP contribution in [0.5, 0.6) is 0 Å². The maximum Gasteiger partial charge on any atom is 0.293 e. The van der Waals surface area contributed by atoms with Crippen LogP contribution >= 0.6 is 11.8 Å². The molecule has 0 spiro atoms. The van der Waals surface area contributed by atoms with Crippen molar-refractivity contribution in [2.24, 2.45) is 5.92 Å². The van der Waals surface area contributed by atoms with Crippen LogP contribution in [0.4, 0.5) is 9.18 Å². The van der Waals surface area contributed by atoms with Gasteiger partial charge in [-0.3, -0.25) is 24.1 Å². The first-order chi connectivity index (χ1) is 16.4. The molecule has 4 rings (SSSR count). The van der Waals surface area contributed by atoms with Crippen LogP contribution in [-0.2, 0) is 9.59 Å². The summed E-state index contributed by atoms with van der Waals surface area (Å²) in [5, 5.41) is 2.46. The summed E-state index contributed by atoms with van der Waals surface area (Å²) in [6, 6.07) is 14.7. The second kappa shape index (κ2) is 10.6. The Hall–Kier alpha value is -3.46. The molecule has 0 bridgehead atoms. The summed E-state index contributed by atoms with van der Waals surface area (Å²) in [6.45, 7) is 1.14. The topological polar surface area (TPSA) is 86.8 Å². The lowest BCUT2D eigenvalue weighted by molar-refractivity contribution is -0.127. The first-order valence-electron chi connectivity index (χ1n) is 11.1. The second-order valence-electron chi connectivity index (χ2n) is 8.11. The number of hydrogen-bond donors (Lipinski definition) is 1. The molecular weight excluding hydrogens is 457 g/mol. The van der Waals surface area contributed by atoms with Gasteiger partial charge in [-0.05, 0) is 60.5 Å². The largest absolute Gasteiger partial charge is 0.354 e. The van der Waals surface area contributed by atoms with Crippen molar-refractivity contribution in [3.05, 3.63) is 76.4 Å². The van der Waals surface area contributed by atoms with E-state index in [1.54, 1.807) is 11.0 Å². The van der Waals surface area contributed by atoms with E-state index in [1.807, 2.05) is 30.3 Å². The van der Waals surface area contributed by atoms with E-state index < -0.39 is 5.82 Å². The molecule has 4 amide bonds. The summed E-state index contributed by atoms with van der Waals surface area (Å²) in [5.74, 6) is -1.33. The number of hydrogen-bond acceptors (Lipinski definition) is 5. The summed E-state index contributed by atoms with van der Waals surface area (Å²) < 4.78 is 13.1. The van der Waals surface area contributed by atoms with Crippen molar-refractivity contribution in [2.75, 3.05) is 26.2 Å². The predicted molar refractivity (Wildman–Crippen MR) is 127 cm³/mol. The molecule has 34 heavy (non-hydrogen) atoms. The second-order valence-corrected chi connectivity index (χ2v) is 9.10. The number of thioether (sulfide) groups is 1. The summed E-state index contributed by atoms with van der Waals surface area (Å²) in [7, 11) is 0. The van der Waals surface area contributed by atoms with Crippen LogP contribution in [0.2, 0.25) is 0 Å². The molecule has 176 valence electrons. The number of rotatable bonds is 6. The highest BCUT2D eigenvalue weighted by atomic mass is 32.2. The van der Waals surface area contributed by atoms with Gasteiger partial charge in [-0.1, -0.05) is 30.3 Å². The monoisotopic (exact) mass is 481 g/mol. The van der Waals surface area contributed by atoms with Crippen molar-refractivity contribution in [1.29, 1.82) is 0 Å². The highest BCUT2D eigenvalue weighted by Crippen LogP contribution is 2.31. The molecule has 2 fully saturated rings. The Balaban J connectivity index is 1.23. The zero-order chi connectivity index (χ0) is 24.1. The molecule has 0 radical (unpaired) electrons. The first kappa shape index (κ1) is 23.7. The van der Waals surface area contributed by atoms with Gasteiger partial charge in [-0.25, -0.2) is 4.39 Å². The number of halogens is 1. The van der Waals surface area contributed by atoms with Crippen molar-refractivity contribution < 1.29 is 23.6 Å². The van der Waals surface area contributed by atoms with Crippen LogP contribution in [0.1, 0.15) is 28.8 Å². The number of nitrogens with zero attached hydrogens (tertiary/aromatic N) is 2. The van der Waals surface area contributed by atoms with Crippen molar-refractivity contribution in [1.82, 2.24) is 15.1 Å². The van der Waals surface area contributed by atoms with Gasteiger partial charge in [-0.15, -0.1) is 0 Å². The lowest BCUT2D eigenvalue weighted by Crippen LogP contribution is -2.44. The maximum atomic E-state index is 13.1. The Bertz CT molecular complexity index is 1110. The van der Waals surface area contributed by atoms with Gasteiger partial charge >= 0.3 is 0 Å². The molecule has 0 atom stereocenters. The van der Waals surface area contributed by atoms with Crippen LogP contribution in [0.15, 0.2) is 59.5 Å². The molecule has 2 heterocycles. The number of piperidine rings is 1. The standard InChI is InChI=1S/C25H24FN3O4S/c26-20-8-6-19(7-9-20)23(31)28-13-10-18(11-14-28)22(30)27-12-15-29-24(32)21(34-25(29)33)16-17-4-2-1-3-5-17/h1-9,16,18H,10-15H2,(H,27,30). The number of amides is 4. The summed E-state index contributed by atoms with van der Waals surface area (Å²) in [6.07, 6.45) is 2.71. The van der Waals surface area contributed by atoms with Crippen molar-refractivity contribution in [3.8, 4) is 0 Å². The highest BCUT2D eigenvalue weighted by molar-refractivity contribution is 8.18. The number of imide groups is 1. The lowest BCUT2D eigenvalue weighted by atomic mass is 9.95. The zero-order valence-corrected chi connectivity index (χ0v) is 19.2. The molecule has 7 nitrogen and oxygen atoms in total. The van der Waals surface area contributed by atoms with Gasteiger partial charge in [0.25, 0.3) is 17.1 Å². The quantitative estimate of drug-likeness (QED) is 0.638. The molecule has 2 aliphatic heterocycles. The van der Waals surface area contributed by atoms with Crippen LogP contribution in [0, 0.1) is 11.7 Å². The third-order valence-corrected chi connectivity index (χ3v) is 6.76. The summed E-state index contributed by atoms with van der Waals surface area (Å²) >= 11 is 0.893. The Morgan fingerprint density at radius 1 is 1.03 bits per heavy atom. The van der Waals surface area contributed by atoms with Crippen LogP contribution < -0.4 is 5.32 Å². The zero-order valence-electron chi connectivity index (χ0n) is 18.4. The van der Waals surface area contributed by atoms with Gasteiger partial charge in [0, 0.05) is 37.7 Å². The average molecular weight is 482 g/mol. The van der Waals surface area contributed by atoms with E-state index in [9.17, 15) is 23.6 Å². The van der Waals surface area contributed by atoms with Gasteiger partial charge in [0.2, 0.25) is 5.91 Å². The number of likely N-dealkylation sites (tertiary alicyclic amines) is 1. The SMILES string of the molecule is O=C(NCCN1C(=O)SC(=Cc2ccccc2)C1=O)C1CCN(C(=O)c2ccc(F)cc2)CC1. The van der Waals surface area contributed by atoms with Gasteiger partial charge in [-0.2, -0.15) is 0 Å². The lowest BCUT2D eigenvalue weighted by Gasteiger charge is -2.31.